The van der Waals surface area contributed by atoms with Gasteiger partial charge in [0, 0.05) is 24.8 Å². The molecule has 1 aromatic rings. The average Bonchev–Trinajstić information content (AvgIpc) is 3.17. The largest absolute Gasteiger partial charge is 0.405 e. The molecule has 0 aliphatic heterocycles. The van der Waals surface area contributed by atoms with E-state index in [2.05, 4.69) is 10.3 Å². The molecule has 112 valence electrons. The average molecular weight is 287 g/mol. The molecular weight excluding hydrogens is 267 g/mol. The minimum Gasteiger partial charge on any atom is -0.345 e. The van der Waals surface area contributed by atoms with Gasteiger partial charge in [-0.15, -0.1) is 0 Å². The maximum absolute atomic E-state index is 12.6. The van der Waals surface area contributed by atoms with E-state index in [0.29, 0.717) is 11.9 Å². The van der Waals surface area contributed by atoms with Crippen molar-refractivity contribution in [3.63, 3.8) is 0 Å². The fourth-order valence-corrected chi connectivity index (χ4v) is 1.96. The van der Waals surface area contributed by atoms with Crippen molar-refractivity contribution >= 4 is 5.82 Å². The van der Waals surface area contributed by atoms with Crippen LogP contribution in [-0.2, 0) is 6.54 Å². The second kappa shape index (κ2) is 5.99. The Balaban J connectivity index is 2.00. The summed E-state index contributed by atoms with van der Waals surface area (Å²) in [4.78, 5) is 5.43. The Morgan fingerprint density at radius 3 is 2.50 bits per heavy atom. The van der Waals surface area contributed by atoms with Crippen LogP contribution in [0, 0.1) is 0 Å². The molecule has 1 heterocycles. The van der Waals surface area contributed by atoms with E-state index in [1.165, 1.54) is 17.7 Å². The molecule has 0 aromatic carbocycles. The molecule has 0 spiro atoms. The summed E-state index contributed by atoms with van der Waals surface area (Å²) in [6.07, 6.45) is -0.162. The Bertz CT molecular complexity index is 424. The number of alkyl halides is 3. The van der Waals surface area contributed by atoms with Gasteiger partial charge in [-0.25, -0.2) is 4.98 Å². The van der Waals surface area contributed by atoms with Gasteiger partial charge in [-0.3, -0.25) is 0 Å². The highest BCUT2D eigenvalue weighted by atomic mass is 19.4. The van der Waals surface area contributed by atoms with Crippen LogP contribution in [0.15, 0.2) is 18.3 Å². The number of nitrogens with zero attached hydrogens (tertiary/aromatic N) is 2. The predicted octanol–water partition coefficient (Wildman–Crippen LogP) is 3.11. The van der Waals surface area contributed by atoms with E-state index < -0.39 is 12.7 Å². The normalized spacial score (nSPS) is 15.7. The van der Waals surface area contributed by atoms with Crippen molar-refractivity contribution in [3.05, 3.63) is 23.9 Å². The van der Waals surface area contributed by atoms with Gasteiger partial charge in [0.25, 0.3) is 0 Å². The highest BCUT2D eigenvalue weighted by Crippen LogP contribution is 2.23. The molecule has 0 saturated heterocycles. The number of nitrogens with one attached hydrogen (secondary N) is 1. The first-order valence-electron chi connectivity index (χ1n) is 6.87. The molecule has 20 heavy (non-hydrogen) atoms. The SMILES string of the molecule is CC(C)N(CC(F)(F)F)c1ccc(CNC2CC2)cn1. The summed E-state index contributed by atoms with van der Waals surface area (Å²) in [5.74, 6) is 0.368. The van der Waals surface area contributed by atoms with Gasteiger partial charge in [-0.05, 0) is 38.3 Å². The van der Waals surface area contributed by atoms with E-state index >= 15 is 0 Å². The third-order valence-corrected chi connectivity index (χ3v) is 3.25. The van der Waals surface area contributed by atoms with E-state index in [1.54, 1.807) is 26.1 Å². The Hall–Kier alpha value is -1.30. The predicted molar refractivity (Wildman–Crippen MR) is 72.6 cm³/mol. The standard InChI is InChI=1S/C14H20F3N3/c1-10(2)20(9-14(15,16)17)13-6-3-11(8-19-13)7-18-12-4-5-12/h3,6,8,10,12,18H,4-5,7,9H2,1-2H3. The second-order valence-corrected chi connectivity index (χ2v) is 5.52. The lowest BCUT2D eigenvalue weighted by atomic mass is 10.2. The van der Waals surface area contributed by atoms with Crippen LogP contribution in [0.4, 0.5) is 19.0 Å². The minimum atomic E-state index is -4.22. The summed E-state index contributed by atoms with van der Waals surface area (Å²) >= 11 is 0. The van der Waals surface area contributed by atoms with Crippen LogP contribution < -0.4 is 10.2 Å². The molecule has 0 atom stereocenters. The molecule has 0 bridgehead atoms. The topological polar surface area (TPSA) is 28.2 Å². The first kappa shape index (κ1) is 15.1. The molecule has 0 unspecified atom stereocenters. The summed E-state index contributed by atoms with van der Waals surface area (Å²) in [5, 5.41) is 3.35. The molecule has 1 aromatic heterocycles. The van der Waals surface area contributed by atoms with E-state index in [-0.39, 0.29) is 6.04 Å². The van der Waals surface area contributed by atoms with Crippen molar-refractivity contribution in [1.29, 1.82) is 0 Å². The highest BCUT2D eigenvalue weighted by molar-refractivity contribution is 5.40. The quantitative estimate of drug-likeness (QED) is 0.871. The third kappa shape index (κ3) is 4.67. The third-order valence-electron chi connectivity index (χ3n) is 3.25. The van der Waals surface area contributed by atoms with Crippen LogP contribution in [-0.4, -0.2) is 29.8 Å². The van der Waals surface area contributed by atoms with Crippen LogP contribution in [0.5, 0.6) is 0 Å². The van der Waals surface area contributed by atoms with Crippen LogP contribution in [0.25, 0.3) is 0 Å². The Morgan fingerprint density at radius 2 is 2.05 bits per heavy atom. The maximum atomic E-state index is 12.6. The molecule has 0 amide bonds. The lowest BCUT2D eigenvalue weighted by Crippen LogP contribution is -2.39. The van der Waals surface area contributed by atoms with Crippen molar-refractivity contribution in [3.8, 4) is 0 Å². The van der Waals surface area contributed by atoms with Gasteiger partial charge in [0.1, 0.15) is 12.4 Å². The van der Waals surface area contributed by atoms with Crippen LogP contribution >= 0.6 is 0 Å². The number of halogens is 3. The number of anilines is 1. The number of hydrogen-bond donors (Lipinski definition) is 1. The number of pyridine rings is 1. The van der Waals surface area contributed by atoms with E-state index in [0.717, 1.165) is 12.1 Å². The lowest BCUT2D eigenvalue weighted by molar-refractivity contribution is -0.120. The molecule has 6 heteroatoms. The summed E-state index contributed by atoms with van der Waals surface area (Å²) in [5.41, 5.74) is 0.997. The van der Waals surface area contributed by atoms with Gasteiger partial charge < -0.3 is 10.2 Å². The fourth-order valence-electron chi connectivity index (χ4n) is 1.96. The minimum absolute atomic E-state index is 0.250. The van der Waals surface area contributed by atoms with Crippen molar-refractivity contribution in [2.24, 2.45) is 0 Å². The Labute approximate surface area is 117 Å². The smallest absolute Gasteiger partial charge is 0.345 e. The maximum Gasteiger partial charge on any atom is 0.405 e. The van der Waals surface area contributed by atoms with E-state index in [9.17, 15) is 13.2 Å². The summed E-state index contributed by atoms with van der Waals surface area (Å²) in [7, 11) is 0. The van der Waals surface area contributed by atoms with Gasteiger partial charge in [-0.1, -0.05) is 6.07 Å². The lowest BCUT2D eigenvalue weighted by Gasteiger charge is -2.28. The van der Waals surface area contributed by atoms with Crippen molar-refractivity contribution in [2.75, 3.05) is 11.4 Å². The zero-order chi connectivity index (χ0) is 14.8. The summed E-state index contributed by atoms with van der Waals surface area (Å²) < 4.78 is 37.7. The van der Waals surface area contributed by atoms with Crippen molar-refractivity contribution in [2.45, 2.75) is 51.5 Å². The Kier molecular flexibility index (Phi) is 4.52. The molecule has 1 saturated carbocycles. The fraction of sp³-hybridized carbons (Fsp3) is 0.643. The van der Waals surface area contributed by atoms with Gasteiger partial charge >= 0.3 is 6.18 Å². The Morgan fingerprint density at radius 1 is 1.35 bits per heavy atom. The number of hydrogen-bond acceptors (Lipinski definition) is 3. The number of rotatable bonds is 6. The first-order chi connectivity index (χ1) is 9.35. The second-order valence-electron chi connectivity index (χ2n) is 5.52. The zero-order valence-electron chi connectivity index (χ0n) is 11.7. The summed E-state index contributed by atoms with van der Waals surface area (Å²) in [6, 6.07) is 3.85. The molecule has 2 rings (SSSR count). The van der Waals surface area contributed by atoms with Crippen LogP contribution in [0.2, 0.25) is 0 Å². The van der Waals surface area contributed by atoms with E-state index in [1.807, 2.05) is 6.07 Å². The molecule has 1 N–H and O–H groups in total. The van der Waals surface area contributed by atoms with Crippen LogP contribution in [0.1, 0.15) is 32.3 Å². The zero-order valence-corrected chi connectivity index (χ0v) is 11.7. The molecule has 1 aliphatic rings. The van der Waals surface area contributed by atoms with Crippen molar-refractivity contribution in [1.82, 2.24) is 10.3 Å². The van der Waals surface area contributed by atoms with Crippen molar-refractivity contribution < 1.29 is 13.2 Å². The number of aromatic nitrogens is 1. The van der Waals surface area contributed by atoms with Gasteiger partial charge in [-0.2, -0.15) is 13.2 Å². The molecule has 0 radical (unpaired) electrons. The summed E-state index contributed by atoms with van der Waals surface area (Å²) in [6.45, 7) is 3.21. The van der Waals surface area contributed by atoms with Gasteiger partial charge in [0.05, 0.1) is 0 Å². The molecule has 3 nitrogen and oxygen atoms in total. The van der Waals surface area contributed by atoms with E-state index in [4.69, 9.17) is 0 Å². The first-order valence-corrected chi connectivity index (χ1v) is 6.87. The van der Waals surface area contributed by atoms with Gasteiger partial charge in [0.2, 0.25) is 0 Å². The monoisotopic (exact) mass is 287 g/mol. The van der Waals surface area contributed by atoms with Crippen LogP contribution in [0.3, 0.4) is 0 Å². The molecular formula is C14H20F3N3. The molecule has 1 aliphatic carbocycles. The highest BCUT2D eigenvalue weighted by Gasteiger charge is 2.32. The molecule has 1 fully saturated rings. The van der Waals surface area contributed by atoms with Gasteiger partial charge in [0.15, 0.2) is 0 Å².